The van der Waals surface area contributed by atoms with Gasteiger partial charge in [0.15, 0.2) is 9.84 Å². The van der Waals surface area contributed by atoms with E-state index in [2.05, 4.69) is 16.9 Å². The Bertz CT molecular complexity index is 619. The third-order valence-electron chi connectivity index (χ3n) is 2.45. The lowest BCUT2D eigenvalue weighted by Gasteiger charge is -2.02. The maximum atomic E-state index is 13.3. The second-order valence-electron chi connectivity index (χ2n) is 4.28. The summed E-state index contributed by atoms with van der Waals surface area (Å²) in [6, 6.07) is 6.01. The predicted molar refractivity (Wildman–Crippen MR) is 80.2 cm³/mol. The second kappa shape index (κ2) is 7.00. The first kappa shape index (κ1) is 16.1. The summed E-state index contributed by atoms with van der Waals surface area (Å²) in [5.74, 6) is -0.686. The summed E-state index contributed by atoms with van der Waals surface area (Å²) in [4.78, 5) is 3.82. The van der Waals surface area contributed by atoms with Crippen molar-refractivity contribution in [2.24, 2.45) is 10.9 Å². The summed E-state index contributed by atoms with van der Waals surface area (Å²) in [5.41, 5.74) is 0.569. The van der Waals surface area contributed by atoms with Gasteiger partial charge in [-0.15, -0.1) is 6.58 Å². The lowest BCUT2D eigenvalue weighted by atomic mass is 10.2. The van der Waals surface area contributed by atoms with Crippen molar-refractivity contribution in [3.63, 3.8) is 0 Å². The third-order valence-corrected chi connectivity index (χ3v) is 3.57. The molecule has 0 aliphatic rings. The molecule has 0 saturated heterocycles. The van der Waals surface area contributed by atoms with Crippen LogP contribution in [0.25, 0.3) is 0 Å². The summed E-state index contributed by atoms with van der Waals surface area (Å²) in [6.45, 7) is 5.40. The number of nitrogens with one attached hydrogen (secondary N) is 1. The van der Waals surface area contributed by atoms with Gasteiger partial charge in [0.2, 0.25) is 5.95 Å². The highest BCUT2D eigenvalue weighted by molar-refractivity contribution is 7.90. The van der Waals surface area contributed by atoms with E-state index in [9.17, 15) is 12.8 Å². The number of allylic oxidation sites excluding steroid dienone is 1. The zero-order valence-corrected chi connectivity index (χ0v) is 12.2. The molecule has 1 unspecified atom stereocenters. The van der Waals surface area contributed by atoms with Crippen molar-refractivity contribution < 1.29 is 12.8 Å². The van der Waals surface area contributed by atoms with Gasteiger partial charge in [-0.3, -0.25) is 0 Å². The van der Waals surface area contributed by atoms with Gasteiger partial charge in [-0.25, -0.2) is 13.4 Å². The van der Waals surface area contributed by atoms with Crippen molar-refractivity contribution in [1.29, 1.82) is 0 Å². The van der Waals surface area contributed by atoms with E-state index < -0.39 is 15.8 Å². The number of halogens is 1. The van der Waals surface area contributed by atoms with E-state index in [0.717, 1.165) is 12.5 Å². The summed E-state index contributed by atoms with van der Waals surface area (Å²) in [7, 11) is -3.22. The number of nitrogens with zero attached hydrogens (tertiary/aromatic N) is 1. The fourth-order valence-corrected chi connectivity index (χ4v) is 1.86. The molecule has 6 heteroatoms. The van der Waals surface area contributed by atoms with E-state index in [-0.39, 0.29) is 10.8 Å². The Labute approximate surface area is 118 Å². The Balaban J connectivity index is 2.70. The number of aliphatic imine (C=N–C) groups is 1. The number of hydrogen-bond donors (Lipinski definition) is 1. The van der Waals surface area contributed by atoms with Gasteiger partial charge in [0.1, 0.15) is 0 Å². The van der Waals surface area contributed by atoms with Crippen molar-refractivity contribution in [2.75, 3.05) is 11.6 Å². The Morgan fingerprint density at radius 1 is 1.40 bits per heavy atom. The largest absolute Gasteiger partial charge is 0.358 e. The van der Waals surface area contributed by atoms with Crippen LogP contribution in [-0.2, 0) is 9.84 Å². The molecule has 1 N–H and O–H groups in total. The van der Waals surface area contributed by atoms with Gasteiger partial charge in [0, 0.05) is 24.1 Å². The van der Waals surface area contributed by atoms with Crippen LogP contribution in [0.4, 0.5) is 10.1 Å². The minimum absolute atomic E-state index is 0.0109. The fraction of sp³-hybridized carbons (Fsp3) is 0.214. The molecule has 1 aromatic carbocycles. The zero-order valence-electron chi connectivity index (χ0n) is 11.4. The smallest absolute Gasteiger partial charge is 0.228 e. The molecule has 1 atom stereocenters. The van der Waals surface area contributed by atoms with Crippen LogP contribution < -0.4 is 5.32 Å². The highest BCUT2D eigenvalue weighted by atomic mass is 32.2. The molecule has 0 radical (unpaired) electrons. The quantitative estimate of drug-likeness (QED) is 0.498. The molecule has 0 bridgehead atoms. The minimum Gasteiger partial charge on any atom is -0.358 e. The molecule has 108 valence electrons. The second-order valence-corrected chi connectivity index (χ2v) is 6.30. The summed E-state index contributed by atoms with van der Waals surface area (Å²) in [6.07, 6.45) is 5.31. The number of rotatable bonds is 6. The zero-order chi connectivity index (χ0) is 15.2. The van der Waals surface area contributed by atoms with E-state index in [4.69, 9.17) is 0 Å². The van der Waals surface area contributed by atoms with E-state index in [1.165, 1.54) is 18.3 Å². The van der Waals surface area contributed by atoms with Crippen LogP contribution in [0, 0.1) is 5.92 Å². The standard InChI is InChI=1S/C14H17FN2O2S/c1-4-11(2)9-17-14(15)10-16-12-5-7-13(8-6-12)20(3,18)19/h4-11,16H,1H2,2-3H3/b14-10-,17-9+. The van der Waals surface area contributed by atoms with Crippen LogP contribution in [0.1, 0.15) is 6.92 Å². The van der Waals surface area contributed by atoms with E-state index in [1.807, 2.05) is 6.92 Å². The fourth-order valence-electron chi connectivity index (χ4n) is 1.23. The SMILES string of the molecule is C=CC(C)/C=N/C(F)=C\Nc1ccc(S(C)(=O)=O)cc1. The van der Waals surface area contributed by atoms with Crippen molar-refractivity contribution in [3.8, 4) is 0 Å². The molecule has 0 aromatic heterocycles. The van der Waals surface area contributed by atoms with E-state index in [1.54, 1.807) is 18.2 Å². The number of benzene rings is 1. The molecular weight excluding hydrogens is 279 g/mol. The topological polar surface area (TPSA) is 58.5 Å². The van der Waals surface area contributed by atoms with Gasteiger partial charge >= 0.3 is 0 Å². The van der Waals surface area contributed by atoms with Gasteiger partial charge in [0.25, 0.3) is 0 Å². The van der Waals surface area contributed by atoms with Crippen LogP contribution >= 0.6 is 0 Å². The molecular formula is C14H17FN2O2S. The number of hydrogen-bond acceptors (Lipinski definition) is 4. The highest BCUT2D eigenvalue weighted by Gasteiger charge is 2.05. The van der Waals surface area contributed by atoms with E-state index in [0.29, 0.717) is 5.69 Å². The van der Waals surface area contributed by atoms with Gasteiger partial charge < -0.3 is 5.32 Å². The van der Waals surface area contributed by atoms with Crippen LogP contribution in [0.3, 0.4) is 0 Å². The Hall–Kier alpha value is -1.95. The minimum atomic E-state index is -3.22. The summed E-state index contributed by atoms with van der Waals surface area (Å²) in [5, 5.41) is 2.69. The number of sulfone groups is 1. The van der Waals surface area contributed by atoms with Crippen LogP contribution in [0.2, 0.25) is 0 Å². The highest BCUT2D eigenvalue weighted by Crippen LogP contribution is 2.14. The van der Waals surface area contributed by atoms with Gasteiger partial charge in [0.05, 0.1) is 11.1 Å². The normalized spacial score (nSPS) is 14.2. The first-order valence-electron chi connectivity index (χ1n) is 5.92. The van der Waals surface area contributed by atoms with Crippen molar-refractivity contribution >= 4 is 21.7 Å². The first-order valence-corrected chi connectivity index (χ1v) is 7.81. The van der Waals surface area contributed by atoms with Gasteiger partial charge in [-0.1, -0.05) is 13.0 Å². The molecule has 1 rings (SSSR count). The molecule has 4 nitrogen and oxygen atoms in total. The lowest BCUT2D eigenvalue weighted by molar-refractivity contribution is 0.602. The molecule has 0 heterocycles. The monoisotopic (exact) mass is 296 g/mol. The van der Waals surface area contributed by atoms with Crippen molar-refractivity contribution in [1.82, 2.24) is 0 Å². The predicted octanol–water partition coefficient (Wildman–Crippen LogP) is 3.16. The van der Waals surface area contributed by atoms with Gasteiger partial charge in [-0.05, 0) is 24.3 Å². The van der Waals surface area contributed by atoms with Crippen LogP contribution in [0.5, 0.6) is 0 Å². The molecule has 1 aromatic rings. The maximum Gasteiger partial charge on any atom is 0.228 e. The van der Waals surface area contributed by atoms with Crippen LogP contribution in [-0.4, -0.2) is 20.9 Å². The van der Waals surface area contributed by atoms with E-state index >= 15 is 0 Å². The van der Waals surface area contributed by atoms with Gasteiger partial charge in [-0.2, -0.15) is 4.39 Å². The maximum absolute atomic E-state index is 13.3. The van der Waals surface area contributed by atoms with Crippen molar-refractivity contribution in [3.05, 3.63) is 49.1 Å². The molecule has 0 amide bonds. The van der Waals surface area contributed by atoms with Crippen LogP contribution in [0.15, 0.2) is 59.0 Å². The molecule has 0 aliphatic heterocycles. The first-order chi connectivity index (χ1) is 9.32. The molecule has 0 spiro atoms. The molecule has 0 fully saturated rings. The molecule has 0 aliphatic carbocycles. The number of anilines is 1. The third kappa shape index (κ3) is 5.36. The summed E-state index contributed by atoms with van der Waals surface area (Å²) >= 11 is 0. The molecule has 20 heavy (non-hydrogen) atoms. The molecule has 0 saturated carbocycles. The lowest BCUT2D eigenvalue weighted by Crippen LogP contribution is -1.97. The summed E-state index contributed by atoms with van der Waals surface area (Å²) < 4.78 is 35.9. The Morgan fingerprint density at radius 2 is 2.00 bits per heavy atom. The Kier molecular flexibility index (Phi) is 5.64. The Morgan fingerprint density at radius 3 is 2.50 bits per heavy atom. The average Bonchev–Trinajstić information content (AvgIpc) is 2.41. The van der Waals surface area contributed by atoms with Crippen molar-refractivity contribution in [2.45, 2.75) is 11.8 Å². The average molecular weight is 296 g/mol.